The van der Waals surface area contributed by atoms with Crippen molar-refractivity contribution in [3.8, 4) is 0 Å². The third kappa shape index (κ3) is 3.11. The van der Waals surface area contributed by atoms with Gasteiger partial charge in [0, 0.05) is 33.7 Å². The summed E-state index contributed by atoms with van der Waals surface area (Å²) in [6, 6.07) is 5.06. The van der Waals surface area contributed by atoms with Gasteiger partial charge in [0.05, 0.1) is 5.75 Å². The van der Waals surface area contributed by atoms with Crippen molar-refractivity contribution in [2.45, 2.75) is 31.4 Å². The fourth-order valence-corrected chi connectivity index (χ4v) is 2.08. The molecule has 0 spiro atoms. The summed E-state index contributed by atoms with van der Waals surface area (Å²) in [6.07, 6.45) is 0. The number of benzene rings is 1. The predicted octanol–water partition coefficient (Wildman–Crippen LogP) is 1.94. The number of nitrogens with two attached hydrogens (primary N) is 1. The van der Waals surface area contributed by atoms with E-state index in [9.17, 15) is 8.60 Å². The van der Waals surface area contributed by atoms with Gasteiger partial charge in [-0.3, -0.25) is 4.21 Å². The van der Waals surface area contributed by atoms with E-state index in [0.717, 1.165) is 0 Å². The SMILES string of the molecule is CC(C)S(=O)Cc1cccc(CN)c1F. The summed E-state index contributed by atoms with van der Waals surface area (Å²) < 4.78 is 25.3. The largest absolute Gasteiger partial charge is 0.326 e. The van der Waals surface area contributed by atoms with Gasteiger partial charge in [0.25, 0.3) is 0 Å². The first-order chi connectivity index (χ1) is 7.06. The lowest BCUT2D eigenvalue weighted by molar-refractivity contribution is 0.598. The normalized spacial score (nSPS) is 13.1. The van der Waals surface area contributed by atoms with Crippen LogP contribution in [0, 0.1) is 5.82 Å². The number of hydrogen-bond acceptors (Lipinski definition) is 2. The van der Waals surface area contributed by atoms with Crippen molar-refractivity contribution in [3.63, 3.8) is 0 Å². The van der Waals surface area contributed by atoms with E-state index < -0.39 is 10.8 Å². The van der Waals surface area contributed by atoms with E-state index >= 15 is 0 Å². The van der Waals surface area contributed by atoms with Crippen molar-refractivity contribution in [1.29, 1.82) is 0 Å². The molecule has 0 radical (unpaired) electrons. The molecule has 0 aliphatic heterocycles. The average Bonchev–Trinajstić information content (AvgIpc) is 2.21. The minimum absolute atomic E-state index is 0.0472. The van der Waals surface area contributed by atoms with Crippen LogP contribution in [0.1, 0.15) is 25.0 Å². The molecule has 1 aromatic carbocycles. The molecule has 84 valence electrons. The van der Waals surface area contributed by atoms with Crippen LogP contribution in [-0.4, -0.2) is 9.46 Å². The first-order valence-electron chi connectivity index (χ1n) is 4.89. The van der Waals surface area contributed by atoms with Crippen LogP contribution in [0.25, 0.3) is 0 Å². The summed E-state index contributed by atoms with van der Waals surface area (Å²) >= 11 is 0. The maximum Gasteiger partial charge on any atom is 0.131 e. The van der Waals surface area contributed by atoms with Gasteiger partial charge in [0.2, 0.25) is 0 Å². The lowest BCUT2D eigenvalue weighted by Crippen LogP contribution is -2.10. The van der Waals surface area contributed by atoms with Gasteiger partial charge >= 0.3 is 0 Å². The van der Waals surface area contributed by atoms with Crippen LogP contribution in [0.2, 0.25) is 0 Å². The van der Waals surface area contributed by atoms with Gasteiger partial charge in [0.1, 0.15) is 5.82 Å². The van der Waals surface area contributed by atoms with Crippen LogP contribution in [-0.2, 0) is 23.1 Å². The predicted molar refractivity (Wildman–Crippen MR) is 61.3 cm³/mol. The zero-order valence-electron chi connectivity index (χ0n) is 9.00. The molecule has 4 heteroatoms. The second-order valence-corrected chi connectivity index (χ2v) is 5.66. The molecule has 0 saturated heterocycles. The maximum absolute atomic E-state index is 13.7. The van der Waals surface area contributed by atoms with E-state index in [-0.39, 0.29) is 23.4 Å². The van der Waals surface area contributed by atoms with Gasteiger partial charge in [-0.15, -0.1) is 0 Å². The number of hydrogen-bond donors (Lipinski definition) is 1. The first kappa shape index (κ1) is 12.3. The summed E-state index contributed by atoms with van der Waals surface area (Å²) in [7, 11) is -1.02. The summed E-state index contributed by atoms with van der Waals surface area (Å²) in [5.74, 6) is -0.0499. The highest BCUT2D eigenvalue weighted by Gasteiger charge is 2.11. The van der Waals surface area contributed by atoms with Gasteiger partial charge in [-0.25, -0.2) is 4.39 Å². The summed E-state index contributed by atoms with van der Waals surface area (Å²) in [5, 5.41) is 0.0472. The van der Waals surface area contributed by atoms with E-state index in [0.29, 0.717) is 11.1 Å². The topological polar surface area (TPSA) is 43.1 Å². The Hall–Kier alpha value is -0.740. The Balaban J connectivity index is 2.91. The van der Waals surface area contributed by atoms with E-state index in [1.54, 1.807) is 18.2 Å². The summed E-state index contributed by atoms with van der Waals surface area (Å²) in [5.41, 5.74) is 6.36. The Labute approximate surface area is 92.1 Å². The average molecular weight is 229 g/mol. The van der Waals surface area contributed by atoms with Gasteiger partial charge in [-0.2, -0.15) is 0 Å². The monoisotopic (exact) mass is 229 g/mol. The molecule has 0 bridgehead atoms. The Kier molecular flexibility index (Phi) is 4.42. The minimum Gasteiger partial charge on any atom is -0.326 e. The quantitative estimate of drug-likeness (QED) is 0.857. The molecule has 2 N–H and O–H groups in total. The van der Waals surface area contributed by atoms with Crippen molar-refractivity contribution in [2.24, 2.45) is 5.73 Å². The molecule has 0 aromatic heterocycles. The Morgan fingerprint density at radius 1 is 1.40 bits per heavy atom. The molecule has 1 aromatic rings. The van der Waals surface area contributed by atoms with Crippen molar-refractivity contribution in [3.05, 3.63) is 35.1 Å². The van der Waals surface area contributed by atoms with E-state index in [1.165, 1.54) is 0 Å². The molecule has 1 atom stereocenters. The molecule has 2 nitrogen and oxygen atoms in total. The Bertz CT molecular complexity index is 366. The van der Waals surface area contributed by atoms with Gasteiger partial charge in [-0.1, -0.05) is 32.0 Å². The second-order valence-electron chi connectivity index (χ2n) is 3.67. The molecular formula is C11H16FNOS. The highest BCUT2D eigenvalue weighted by Crippen LogP contribution is 2.15. The van der Waals surface area contributed by atoms with Crippen LogP contribution in [0.5, 0.6) is 0 Å². The van der Waals surface area contributed by atoms with Crippen LogP contribution < -0.4 is 5.73 Å². The van der Waals surface area contributed by atoms with Gasteiger partial charge in [-0.05, 0) is 0 Å². The smallest absolute Gasteiger partial charge is 0.131 e. The first-order valence-corrected chi connectivity index (χ1v) is 6.28. The van der Waals surface area contributed by atoms with Crippen molar-refractivity contribution >= 4 is 10.8 Å². The molecule has 0 fully saturated rings. The van der Waals surface area contributed by atoms with Crippen LogP contribution in [0.3, 0.4) is 0 Å². The third-order valence-corrected chi connectivity index (χ3v) is 3.85. The molecule has 1 unspecified atom stereocenters. The molecule has 1 rings (SSSR count). The van der Waals surface area contributed by atoms with E-state index in [4.69, 9.17) is 5.73 Å². The minimum atomic E-state index is -1.02. The second kappa shape index (κ2) is 5.37. The Morgan fingerprint density at radius 2 is 2.00 bits per heavy atom. The zero-order chi connectivity index (χ0) is 11.4. The fourth-order valence-electron chi connectivity index (χ4n) is 1.22. The van der Waals surface area contributed by atoms with Crippen LogP contribution in [0.4, 0.5) is 4.39 Å². The van der Waals surface area contributed by atoms with Crippen molar-refractivity contribution in [1.82, 2.24) is 0 Å². The van der Waals surface area contributed by atoms with Crippen molar-refractivity contribution in [2.75, 3.05) is 0 Å². The molecule has 0 heterocycles. The van der Waals surface area contributed by atoms with E-state index in [1.807, 2.05) is 13.8 Å². The van der Waals surface area contributed by atoms with Crippen LogP contribution >= 0.6 is 0 Å². The fraction of sp³-hybridized carbons (Fsp3) is 0.455. The van der Waals surface area contributed by atoms with Crippen molar-refractivity contribution < 1.29 is 8.60 Å². The van der Waals surface area contributed by atoms with Gasteiger partial charge < -0.3 is 5.73 Å². The highest BCUT2D eigenvalue weighted by molar-refractivity contribution is 7.84. The van der Waals surface area contributed by atoms with Gasteiger partial charge in [0.15, 0.2) is 0 Å². The third-order valence-electron chi connectivity index (χ3n) is 2.20. The lowest BCUT2D eigenvalue weighted by Gasteiger charge is -2.08. The van der Waals surface area contributed by atoms with Crippen LogP contribution in [0.15, 0.2) is 18.2 Å². The molecular weight excluding hydrogens is 213 g/mol. The summed E-state index contributed by atoms with van der Waals surface area (Å²) in [6.45, 7) is 3.90. The molecule has 0 amide bonds. The lowest BCUT2D eigenvalue weighted by atomic mass is 10.1. The molecule has 0 saturated carbocycles. The molecule has 0 aliphatic rings. The zero-order valence-corrected chi connectivity index (χ0v) is 9.81. The number of halogens is 1. The van der Waals surface area contributed by atoms with E-state index in [2.05, 4.69) is 0 Å². The molecule has 15 heavy (non-hydrogen) atoms. The summed E-state index contributed by atoms with van der Waals surface area (Å²) in [4.78, 5) is 0. The Morgan fingerprint density at radius 3 is 2.53 bits per heavy atom. The maximum atomic E-state index is 13.7. The number of rotatable bonds is 4. The highest BCUT2D eigenvalue weighted by atomic mass is 32.2. The standard InChI is InChI=1S/C11H16FNOS/c1-8(2)15(14)7-10-5-3-4-9(6-13)11(10)12/h3-5,8H,6-7,13H2,1-2H3. The molecule has 0 aliphatic carbocycles.